The predicted octanol–water partition coefficient (Wildman–Crippen LogP) is 6.09. The van der Waals surface area contributed by atoms with Gasteiger partial charge in [-0.2, -0.15) is 0 Å². The summed E-state index contributed by atoms with van der Waals surface area (Å²) in [6.07, 6.45) is 11.0. The lowest BCUT2D eigenvalue weighted by Gasteiger charge is -2.33. The normalized spacial score (nSPS) is 20.1. The van der Waals surface area contributed by atoms with E-state index < -0.39 is 0 Å². The number of aryl methyl sites for hydroxylation is 2. The van der Waals surface area contributed by atoms with Gasteiger partial charge < -0.3 is 0 Å². The Morgan fingerprint density at radius 1 is 0.727 bits per heavy atom. The average molecular weight is 288 g/mol. The molecule has 0 aliphatic heterocycles. The van der Waals surface area contributed by atoms with Gasteiger partial charge in [-0.25, -0.2) is 0 Å². The van der Waals surface area contributed by atoms with Crippen LogP contribution in [0.15, 0.2) is 48.6 Å². The summed E-state index contributed by atoms with van der Waals surface area (Å²) in [6, 6.07) is 14.1. The summed E-state index contributed by atoms with van der Waals surface area (Å²) in [5.41, 5.74) is 9.15. The molecular weight excluding hydrogens is 264 g/mol. The molecule has 112 valence electrons. The number of allylic oxidation sites excluding steroid dienone is 2. The first-order valence-electron chi connectivity index (χ1n) is 8.58. The fraction of sp³-hybridized carbons (Fsp3) is 0.364. The summed E-state index contributed by atoms with van der Waals surface area (Å²) in [4.78, 5) is 0. The molecule has 0 amide bonds. The van der Waals surface area contributed by atoms with E-state index in [1.807, 2.05) is 0 Å². The molecule has 1 spiro atoms. The molecule has 2 aromatic carbocycles. The van der Waals surface area contributed by atoms with Crippen molar-refractivity contribution in [1.29, 1.82) is 0 Å². The predicted molar refractivity (Wildman–Crippen MR) is 94.4 cm³/mol. The van der Waals surface area contributed by atoms with E-state index in [4.69, 9.17) is 0 Å². The van der Waals surface area contributed by atoms with Crippen molar-refractivity contribution in [1.82, 2.24) is 0 Å². The topological polar surface area (TPSA) is 0 Å². The molecule has 0 heterocycles. The van der Waals surface area contributed by atoms with Crippen LogP contribution in [-0.4, -0.2) is 0 Å². The van der Waals surface area contributed by atoms with Crippen molar-refractivity contribution in [3.63, 3.8) is 0 Å². The van der Waals surface area contributed by atoms with E-state index in [2.05, 4.69) is 62.4 Å². The summed E-state index contributed by atoms with van der Waals surface area (Å²) in [7, 11) is 0. The largest absolute Gasteiger partial charge is 0.0885 e. The van der Waals surface area contributed by atoms with Gasteiger partial charge in [0.25, 0.3) is 0 Å². The highest BCUT2D eigenvalue weighted by Gasteiger charge is 2.42. The third-order valence-corrected chi connectivity index (χ3v) is 5.55. The highest BCUT2D eigenvalue weighted by Crippen LogP contribution is 2.54. The molecule has 0 saturated carbocycles. The first-order chi connectivity index (χ1) is 10.7. The van der Waals surface area contributed by atoms with Crippen molar-refractivity contribution in [2.75, 3.05) is 0 Å². The van der Waals surface area contributed by atoms with Crippen molar-refractivity contribution in [2.24, 2.45) is 0 Å². The Balaban J connectivity index is 1.99. The molecule has 0 saturated heterocycles. The van der Waals surface area contributed by atoms with E-state index in [1.165, 1.54) is 54.4 Å². The minimum atomic E-state index is 0.244. The van der Waals surface area contributed by atoms with Gasteiger partial charge >= 0.3 is 0 Å². The maximum atomic E-state index is 2.45. The number of fused-ring (bicyclic) bond motifs is 5. The van der Waals surface area contributed by atoms with Crippen LogP contribution in [0.4, 0.5) is 0 Å². The van der Waals surface area contributed by atoms with Crippen LogP contribution < -0.4 is 0 Å². The van der Waals surface area contributed by atoms with E-state index in [0.29, 0.717) is 0 Å². The molecule has 22 heavy (non-hydrogen) atoms. The average Bonchev–Trinajstić information content (AvgIpc) is 2.73. The van der Waals surface area contributed by atoms with Gasteiger partial charge in [0.2, 0.25) is 0 Å². The molecule has 2 aromatic rings. The Morgan fingerprint density at radius 2 is 1.32 bits per heavy atom. The van der Waals surface area contributed by atoms with Crippen LogP contribution >= 0.6 is 0 Å². The van der Waals surface area contributed by atoms with Gasteiger partial charge in [0.15, 0.2) is 0 Å². The Kier molecular flexibility index (Phi) is 3.22. The Labute approximate surface area is 133 Å². The highest BCUT2D eigenvalue weighted by atomic mass is 14.4. The summed E-state index contributed by atoms with van der Waals surface area (Å²) in [5.74, 6) is 0. The van der Waals surface area contributed by atoms with Gasteiger partial charge in [0.1, 0.15) is 0 Å². The molecule has 0 N–H and O–H groups in total. The highest BCUT2D eigenvalue weighted by molar-refractivity contribution is 5.81. The third kappa shape index (κ3) is 1.97. The van der Waals surface area contributed by atoms with Gasteiger partial charge in [-0.1, -0.05) is 59.7 Å². The van der Waals surface area contributed by atoms with Crippen LogP contribution in [0.5, 0.6) is 0 Å². The van der Waals surface area contributed by atoms with Gasteiger partial charge in [0.05, 0.1) is 0 Å². The van der Waals surface area contributed by atoms with E-state index in [1.54, 1.807) is 11.1 Å². The Morgan fingerprint density at radius 3 is 1.95 bits per heavy atom. The smallest absolute Gasteiger partial charge is 0.0218 e. The van der Waals surface area contributed by atoms with Gasteiger partial charge in [-0.05, 0) is 68.2 Å². The lowest BCUT2D eigenvalue weighted by molar-refractivity contribution is 0.430. The molecule has 0 unspecified atom stereocenters. The number of benzene rings is 2. The number of rotatable bonds is 0. The van der Waals surface area contributed by atoms with Crippen molar-refractivity contribution in [3.8, 4) is 11.1 Å². The quantitative estimate of drug-likeness (QED) is 0.514. The maximum absolute atomic E-state index is 2.45. The van der Waals surface area contributed by atoms with Crippen molar-refractivity contribution >= 4 is 0 Å². The van der Waals surface area contributed by atoms with Crippen molar-refractivity contribution in [2.45, 2.75) is 51.4 Å². The molecule has 0 atom stereocenters. The molecule has 2 aliphatic carbocycles. The van der Waals surface area contributed by atoms with Gasteiger partial charge in [0, 0.05) is 5.41 Å². The van der Waals surface area contributed by atoms with E-state index >= 15 is 0 Å². The van der Waals surface area contributed by atoms with Crippen LogP contribution in [0, 0.1) is 13.8 Å². The van der Waals surface area contributed by atoms with Gasteiger partial charge in [-0.15, -0.1) is 0 Å². The maximum Gasteiger partial charge on any atom is 0.0218 e. The van der Waals surface area contributed by atoms with Crippen molar-refractivity contribution < 1.29 is 0 Å². The first kappa shape index (κ1) is 13.8. The summed E-state index contributed by atoms with van der Waals surface area (Å²) < 4.78 is 0. The molecule has 4 rings (SSSR count). The van der Waals surface area contributed by atoms with Crippen LogP contribution in [0.25, 0.3) is 11.1 Å². The molecule has 0 heteroatoms. The standard InChI is InChI=1S/C22H24/c1-16-8-10-18-19-11-9-17(2)15-21(19)22(20(18)14-16)12-6-4-3-5-7-13-22/h3-4,8-11,14-15H,5-7,12-13H2,1-2H3/b4-3-. The molecule has 0 aromatic heterocycles. The Bertz CT molecular complexity index is 697. The fourth-order valence-electron chi connectivity index (χ4n) is 4.47. The second-order valence-corrected chi connectivity index (χ2v) is 7.08. The van der Waals surface area contributed by atoms with Crippen molar-refractivity contribution in [3.05, 3.63) is 70.8 Å². The summed E-state index contributed by atoms with van der Waals surface area (Å²) >= 11 is 0. The van der Waals surface area contributed by atoms with Gasteiger partial charge in [-0.3, -0.25) is 0 Å². The summed E-state index contributed by atoms with van der Waals surface area (Å²) in [5, 5.41) is 0. The second kappa shape index (κ2) is 5.12. The zero-order valence-corrected chi connectivity index (χ0v) is 13.7. The van der Waals surface area contributed by atoms with E-state index in [-0.39, 0.29) is 5.41 Å². The van der Waals surface area contributed by atoms with E-state index in [0.717, 1.165) is 0 Å². The monoisotopic (exact) mass is 288 g/mol. The van der Waals surface area contributed by atoms with Crippen LogP contribution in [0.1, 0.15) is 54.4 Å². The summed E-state index contributed by atoms with van der Waals surface area (Å²) in [6.45, 7) is 4.45. The third-order valence-electron chi connectivity index (χ3n) is 5.55. The minimum Gasteiger partial charge on any atom is -0.0885 e. The molecule has 2 aliphatic rings. The van der Waals surface area contributed by atoms with E-state index in [9.17, 15) is 0 Å². The Hall–Kier alpha value is -1.82. The SMILES string of the molecule is Cc1ccc2c(c1)C1(CC/C=C\CCC1)c1cc(C)ccc1-2. The molecule has 0 radical (unpaired) electrons. The minimum absolute atomic E-state index is 0.244. The zero-order valence-electron chi connectivity index (χ0n) is 13.7. The number of hydrogen-bond donors (Lipinski definition) is 0. The van der Waals surface area contributed by atoms with Crippen LogP contribution in [0.2, 0.25) is 0 Å². The van der Waals surface area contributed by atoms with Crippen LogP contribution in [0.3, 0.4) is 0 Å². The number of hydrogen-bond acceptors (Lipinski definition) is 0. The molecule has 0 nitrogen and oxygen atoms in total. The van der Waals surface area contributed by atoms with Crippen LogP contribution in [-0.2, 0) is 5.41 Å². The molecular formula is C22H24. The molecule has 0 bridgehead atoms. The first-order valence-corrected chi connectivity index (χ1v) is 8.58. The lowest BCUT2D eigenvalue weighted by Crippen LogP contribution is -2.26. The zero-order chi connectivity index (χ0) is 15.2. The lowest BCUT2D eigenvalue weighted by atomic mass is 9.70. The second-order valence-electron chi connectivity index (χ2n) is 7.08. The fourth-order valence-corrected chi connectivity index (χ4v) is 4.47. The molecule has 0 fully saturated rings.